The maximum Gasteiger partial charge on any atom is 0.255 e. The largest absolute Gasteiger partial charge is 0.488 e. The lowest BCUT2D eigenvalue weighted by atomic mass is 10.0. The molecule has 2 N–H and O–H groups in total. The summed E-state index contributed by atoms with van der Waals surface area (Å²) in [6, 6.07) is 14.5. The van der Waals surface area contributed by atoms with Crippen molar-refractivity contribution in [1.29, 1.82) is 0 Å². The zero-order chi connectivity index (χ0) is 29.7. The lowest BCUT2D eigenvalue weighted by molar-refractivity contribution is -0.134. The standard InChI is InChI=1S/C30H36N4O6S/c1-20-5-8-26(9-6-20)41(38,39)33(4)18-28-21(2)17-34(22(3)19-35)29(36)16-24-15-25(7-10-27(24)40-28)32-30(37)23-11-13-31-14-12-23/h5-15,21-22,28,35H,16-19H2,1-4H3,(H,32,37)/t21-,22-,28-/m0/s1. The molecule has 2 heterocycles. The summed E-state index contributed by atoms with van der Waals surface area (Å²) in [6.07, 6.45) is 2.42. The Morgan fingerprint density at radius 2 is 1.85 bits per heavy atom. The molecule has 2 amide bonds. The van der Waals surface area contributed by atoms with Crippen molar-refractivity contribution in [1.82, 2.24) is 14.2 Å². The van der Waals surface area contributed by atoms with Crippen molar-refractivity contribution in [3.63, 3.8) is 0 Å². The summed E-state index contributed by atoms with van der Waals surface area (Å²) < 4.78 is 34.4. The first-order valence-electron chi connectivity index (χ1n) is 13.4. The highest BCUT2D eigenvalue weighted by atomic mass is 32.2. The summed E-state index contributed by atoms with van der Waals surface area (Å²) in [5.41, 5.74) is 2.41. The Hall–Kier alpha value is -3.80. The summed E-state index contributed by atoms with van der Waals surface area (Å²) in [5, 5.41) is 12.7. The first-order valence-corrected chi connectivity index (χ1v) is 14.9. The Balaban J connectivity index is 1.65. The lowest BCUT2D eigenvalue weighted by Crippen LogP contribution is -2.48. The molecule has 4 rings (SSSR count). The number of sulfonamides is 1. The Morgan fingerprint density at radius 1 is 1.17 bits per heavy atom. The van der Waals surface area contributed by atoms with E-state index in [9.17, 15) is 23.1 Å². The number of benzene rings is 2. The minimum absolute atomic E-state index is 0.0183. The van der Waals surface area contributed by atoms with E-state index in [-0.39, 0.29) is 48.7 Å². The Bertz CT molecular complexity index is 1480. The predicted octanol–water partition coefficient (Wildman–Crippen LogP) is 3.11. The maximum atomic E-state index is 13.4. The molecule has 10 nitrogen and oxygen atoms in total. The van der Waals surface area contributed by atoms with Crippen molar-refractivity contribution in [3.8, 4) is 5.75 Å². The van der Waals surface area contributed by atoms with Crippen LogP contribution in [-0.2, 0) is 21.2 Å². The molecule has 0 saturated carbocycles. The topological polar surface area (TPSA) is 129 Å². The fourth-order valence-corrected chi connectivity index (χ4v) is 5.86. The van der Waals surface area contributed by atoms with E-state index in [1.807, 2.05) is 13.8 Å². The van der Waals surface area contributed by atoms with E-state index in [1.54, 1.807) is 66.4 Å². The number of ether oxygens (including phenoxy) is 1. The molecule has 1 aliphatic rings. The number of aryl methyl sites for hydroxylation is 1. The third kappa shape index (κ3) is 7.10. The van der Waals surface area contributed by atoms with Crippen LogP contribution in [0.3, 0.4) is 0 Å². The number of nitrogens with zero attached hydrogens (tertiary/aromatic N) is 3. The number of aliphatic hydroxyl groups is 1. The molecule has 3 aromatic rings. The molecule has 41 heavy (non-hydrogen) atoms. The lowest BCUT2D eigenvalue weighted by Gasteiger charge is -2.33. The minimum atomic E-state index is -3.80. The van der Waals surface area contributed by atoms with Gasteiger partial charge in [-0.25, -0.2) is 8.42 Å². The second kappa shape index (κ2) is 12.8. The van der Waals surface area contributed by atoms with E-state index in [0.717, 1.165) is 5.56 Å². The monoisotopic (exact) mass is 580 g/mol. The van der Waals surface area contributed by atoms with Gasteiger partial charge >= 0.3 is 0 Å². The van der Waals surface area contributed by atoms with Crippen LogP contribution in [0.15, 0.2) is 71.9 Å². The van der Waals surface area contributed by atoms with Gasteiger partial charge in [0.2, 0.25) is 15.9 Å². The molecule has 0 fully saturated rings. The molecular weight excluding hydrogens is 544 g/mol. The number of aliphatic hydroxyl groups excluding tert-OH is 1. The van der Waals surface area contributed by atoms with Crippen LogP contribution in [0.2, 0.25) is 0 Å². The van der Waals surface area contributed by atoms with Gasteiger partial charge in [0.05, 0.1) is 30.5 Å². The first kappa shape index (κ1) is 30.2. The van der Waals surface area contributed by atoms with Crippen LogP contribution < -0.4 is 10.1 Å². The molecule has 0 bridgehead atoms. The van der Waals surface area contributed by atoms with Gasteiger partial charge < -0.3 is 20.1 Å². The number of carbonyl (C=O) groups is 2. The van der Waals surface area contributed by atoms with Gasteiger partial charge in [-0.2, -0.15) is 4.31 Å². The fourth-order valence-electron chi connectivity index (χ4n) is 4.67. The van der Waals surface area contributed by atoms with Crippen molar-refractivity contribution in [2.45, 2.75) is 44.2 Å². The fraction of sp³-hybridized carbons (Fsp3) is 0.367. The molecule has 0 saturated heterocycles. The number of aromatic nitrogens is 1. The van der Waals surface area contributed by atoms with Crippen molar-refractivity contribution in [3.05, 3.63) is 83.7 Å². The average Bonchev–Trinajstić information content (AvgIpc) is 3.00. The Kier molecular flexibility index (Phi) is 9.42. The summed E-state index contributed by atoms with van der Waals surface area (Å²) in [7, 11) is -2.29. The van der Waals surface area contributed by atoms with Crippen LogP contribution in [0.5, 0.6) is 5.75 Å². The summed E-state index contributed by atoms with van der Waals surface area (Å²) >= 11 is 0. The van der Waals surface area contributed by atoms with Gasteiger partial charge in [0.25, 0.3) is 5.91 Å². The van der Waals surface area contributed by atoms with Crippen LogP contribution in [0, 0.1) is 12.8 Å². The van der Waals surface area contributed by atoms with E-state index in [0.29, 0.717) is 22.6 Å². The molecule has 0 aliphatic carbocycles. The normalized spacial score (nSPS) is 18.5. The molecule has 0 radical (unpaired) electrons. The predicted molar refractivity (Wildman–Crippen MR) is 155 cm³/mol. The van der Waals surface area contributed by atoms with Crippen LogP contribution >= 0.6 is 0 Å². The number of carbonyl (C=O) groups excluding carboxylic acids is 2. The molecule has 3 atom stereocenters. The highest BCUT2D eigenvalue weighted by molar-refractivity contribution is 7.89. The van der Waals surface area contributed by atoms with Gasteiger partial charge in [0, 0.05) is 48.7 Å². The molecule has 0 unspecified atom stereocenters. The number of hydrogen-bond donors (Lipinski definition) is 2. The van der Waals surface area contributed by atoms with Crippen LogP contribution in [0.1, 0.15) is 35.3 Å². The van der Waals surface area contributed by atoms with Crippen molar-refractivity contribution in [2.24, 2.45) is 5.92 Å². The number of hydrogen-bond acceptors (Lipinski definition) is 7. The van der Waals surface area contributed by atoms with Crippen LogP contribution in [0.25, 0.3) is 0 Å². The van der Waals surface area contributed by atoms with Gasteiger partial charge in [-0.05, 0) is 56.3 Å². The third-order valence-electron chi connectivity index (χ3n) is 7.28. The van der Waals surface area contributed by atoms with Crippen LogP contribution in [-0.4, -0.2) is 78.4 Å². The average molecular weight is 581 g/mol. The highest BCUT2D eigenvalue weighted by Crippen LogP contribution is 2.30. The number of rotatable bonds is 8. The molecule has 2 aromatic carbocycles. The number of likely N-dealkylation sites (N-methyl/N-ethyl adjacent to an activating group) is 1. The number of pyridine rings is 1. The zero-order valence-electron chi connectivity index (χ0n) is 23.6. The smallest absolute Gasteiger partial charge is 0.255 e. The Morgan fingerprint density at radius 3 is 2.51 bits per heavy atom. The second-order valence-corrected chi connectivity index (χ2v) is 12.5. The number of anilines is 1. The van der Waals surface area contributed by atoms with E-state index >= 15 is 0 Å². The molecule has 0 spiro atoms. The van der Waals surface area contributed by atoms with Crippen LogP contribution in [0.4, 0.5) is 5.69 Å². The van der Waals surface area contributed by atoms with Gasteiger partial charge in [0.1, 0.15) is 11.9 Å². The van der Waals surface area contributed by atoms with E-state index in [2.05, 4.69) is 10.3 Å². The summed E-state index contributed by atoms with van der Waals surface area (Å²) in [4.78, 5) is 31.9. The van der Waals surface area contributed by atoms with E-state index in [1.165, 1.54) is 23.7 Å². The molecule has 1 aromatic heterocycles. The summed E-state index contributed by atoms with van der Waals surface area (Å²) in [5.74, 6) is -0.382. The SMILES string of the molecule is Cc1ccc(S(=O)(=O)N(C)C[C@@H]2Oc3ccc(NC(=O)c4ccncc4)cc3CC(=O)N([C@@H](C)CO)C[C@@H]2C)cc1. The third-order valence-corrected chi connectivity index (χ3v) is 9.12. The van der Waals surface area contributed by atoms with Crippen molar-refractivity contribution < 1.29 is 27.9 Å². The zero-order valence-corrected chi connectivity index (χ0v) is 24.5. The van der Waals surface area contributed by atoms with E-state index < -0.39 is 22.2 Å². The number of nitrogens with one attached hydrogen (secondary N) is 1. The quantitative estimate of drug-likeness (QED) is 0.419. The molecule has 218 valence electrons. The minimum Gasteiger partial charge on any atom is -0.488 e. The van der Waals surface area contributed by atoms with Gasteiger partial charge in [-0.15, -0.1) is 0 Å². The summed E-state index contributed by atoms with van der Waals surface area (Å²) in [6.45, 7) is 5.63. The highest BCUT2D eigenvalue weighted by Gasteiger charge is 2.33. The van der Waals surface area contributed by atoms with Crippen molar-refractivity contribution >= 4 is 27.5 Å². The first-order chi connectivity index (χ1) is 19.5. The Labute approximate surface area is 241 Å². The molecular formula is C30H36N4O6S. The molecule has 1 aliphatic heterocycles. The molecule has 11 heteroatoms. The van der Waals surface area contributed by atoms with Gasteiger partial charge in [0.15, 0.2) is 0 Å². The number of fused-ring (bicyclic) bond motifs is 1. The van der Waals surface area contributed by atoms with E-state index in [4.69, 9.17) is 4.74 Å². The maximum absolute atomic E-state index is 13.4. The van der Waals surface area contributed by atoms with Gasteiger partial charge in [-0.3, -0.25) is 14.6 Å². The van der Waals surface area contributed by atoms with Crippen molar-refractivity contribution in [2.75, 3.05) is 32.1 Å². The second-order valence-electron chi connectivity index (χ2n) is 10.5. The van der Waals surface area contributed by atoms with Gasteiger partial charge in [-0.1, -0.05) is 24.6 Å². The number of amides is 2.